The van der Waals surface area contributed by atoms with E-state index >= 15 is 0 Å². The van der Waals surface area contributed by atoms with Gasteiger partial charge in [0.05, 0.1) is 6.04 Å². The Morgan fingerprint density at radius 1 is 0.844 bits per heavy atom. The van der Waals surface area contributed by atoms with Crippen LogP contribution < -0.4 is 0 Å². The van der Waals surface area contributed by atoms with Crippen LogP contribution in [0.5, 0.6) is 0 Å². The van der Waals surface area contributed by atoms with Gasteiger partial charge in [-0.15, -0.1) is 0 Å². The predicted molar refractivity (Wildman–Crippen MR) is 131 cm³/mol. The molecule has 4 nitrogen and oxygen atoms in total. The molecule has 0 saturated carbocycles. The Hall–Kier alpha value is -2.89. The Morgan fingerprint density at radius 2 is 1.47 bits per heavy atom. The van der Waals surface area contributed by atoms with E-state index in [2.05, 4.69) is 75.4 Å². The summed E-state index contributed by atoms with van der Waals surface area (Å²) in [5, 5.41) is 1.01. The summed E-state index contributed by atoms with van der Waals surface area (Å²) in [5.74, 6) is 0.449. The van der Waals surface area contributed by atoms with E-state index in [9.17, 15) is 4.79 Å². The highest BCUT2D eigenvalue weighted by Crippen LogP contribution is 2.31. The molecule has 32 heavy (non-hydrogen) atoms. The molecular weight excluding hydrogens is 464 g/mol. The number of fused-ring (bicyclic) bond motifs is 1. The molecule has 162 valence electrons. The van der Waals surface area contributed by atoms with Gasteiger partial charge in [-0.3, -0.25) is 9.69 Å². The lowest BCUT2D eigenvalue weighted by Crippen LogP contribution is -2.49. The van der Waals surface area contributed by atoms with E-state index in [1.807, 2.05) is 36.1 Å². The molecular formula is C27H25BrN2O2. The lowest BCUT2D eigenvalue weighted by Gasteiger charge is -2.39. The van der Waals surface area contributed by atoms with Gasteiger partial charge < -0.3 is 9.32 Å². The minimum atomic E-state index is -0.0155. The van der Waals surface area contributed by atoms with Crippen molar-refractivity contribution in [1.29, 1.82) is 0 Å². The SMILES string of the molecule is Cc1c(C(=O)N2CCN([C@@H](c3ccccc3)c3ccc(Br)cc3)CC2)oc2ccccc12. The summed E-state index contributed by atoms with van der Waals surface area (Å²) in [6.07, 6.45) is 0. The van der Waals surface area contributed by atoms with Gasteiger partial charge in [0.25, 0.3) is 5.91 Å². The van der Waals surface area contributed by atoms with Crippen molar-refractivity contribution < 1.29 is 9.21 Å². The first-order valence-electron chi connectivity index (χ1n) is 10.9. The second kappa shape index (κ2) is 8.93. The van der Waals surface area contributed by atoms with E-state index < -0.39 is 0 Å². The number of amides is 1. The summed E-state index contributed by atoms with van der Waals surface area (Å²) in [4.78, 5) is 17.6. The number of nitrogens with zero attached hydrogens (tertiary/aromatic N) is 2. The van der Waals surface area contributed by atoms with E-state index in [0.717, 1.165) is 34.1 Å². The molecule has 1 aliphatic heterocycles. The van der Waals surface area contributed by atoms with Crippen molar-refractivity contribution in [2.75, 3.05) is 26.2 Å². The molecule has 1 amide bonds. The molecule has 2 heterocycles. The maximum atomic E-state index is 13.3. The fourth-order valence-electron chi connectivity index (χ4n) is 4.60. The van der Waals surface area contributed by atoms with Gasteiger partial charge >= 0.3 is 0 Å². The largest absolute Gasteiger partial charge is 0.451 e. The average molecular weight is 489 g/mol. The van der Waals surface area contributed by atoms with Crippen molar-refractivity contribution in [3.63, 3.8) is 0 Å². The summed E-state index contributed by atoms with van der Waals surface area (Å²) in [5.41, 5.74) is 4.21. The molecule has 1 fully saturated rings. The van der Waals surface area contributed by atoms with Crippen LogP contribution >= 0.6 is 15.9 Å². The normalized spacial score (nSPS) is 15.8. The summed E-state index contributed by atoms with van der Waals surface area (Å²) in [7, 11) is 0. The van der Waals surface area contributed by atoms with Gasteiger partial charge in [-0.2, -0.15) is 0 Å². The Balaban J connectivity index is 1.36. The number of benzene rings is 3. The van der Waals surface area contributed by atoms with Gasteiger partial charge in [-0.05, 0) is 36.2 Å². The number of hydrogen-bond donors (Lipinski definition) is 0. The molecule has 1 aliphatic rings. The van der Waals surface area contributed by atoms with E-state index in [1.54, 1.807) is 0 Å². The molecule has 0 spiro atoms. The fourth-order valence-corrected chi connectivity index (χ4v) is 4.86. The zero-order valence-electron chi connectivity index (χ0n) is 18.0. The van der Waals surface area contributed by atoms with Crippen LogP contribution in [0.25, 0.3) is 11.0 Å². The predicted octanol–water partition coefficient (Wildman–Crippen LogP) is 6.05. The number of carbonyl (C=O) groups excluding carboxylic acids is 1. The number of para-hydroxylation sites is 1. The van der Waals surface area contributed by atoms with E-state index in [4.69, 9.17) is 4.42 Å². The molecule has 1 saturated heterocycles. The number of piperazine rings is 1. The first-order valence-corrected chi connectivity index (χ1v) is 11.7. The standard InChI is InChI=1S/C27H25BrN2O2/c1-19-23-9-5-6-10-24(23)32-26(19)27(31)30-17-15-29(16-18-30)25(20-7-3-2-4-8-20)21-11-13-22(28)14-12-21/h2-14,25H,15-18H2,1H3/t25-/m0/s1. The lowest BCUT2D eigenvalue weighted by atomic mass is 9.96. The molecule has 0 bridgehead atoms. The lowest BCUT2D eigenvalue weighted by molar-refractivity contribution is 0.0569. The van der Waals surface area contributed by atoms with Crippen LogP contribution in [0.1, 0.15) is 33.3 Å². The zero-order chi connectivity index (χ0) is 22.1. The molecule has 3 aromatic carbocycles. The van der Waals surface area contributed by atoms with Crippen molar-refractivity contribution in [3.8, 4) is 0 Å². The highest BCUT2D eigenvalue weighted by atomic mass is 79.9. The van der Waals surface area contributed by atoms with Gasteiger partial charge in [0.2, 0.25) is 0 Å². The highest BCUT2D eigenvalue weighted by molar-refractivity contribution is 9.10. The van der Waals surface area contributed by atoms with Crippen LogP contribution in [0.15, 0.2) is 87.8 Å². The summed E-state index contributed by atoms with van der Waals surface area (Å²) >= 11 is 3.54. The second-order valence-corrected chi connectivity index (χ2v) is 9.16. The van der Waals surface area contributed by atoms with Gasteiger partial charge in [0, 0.05) is 41.6 Å². The smallest absolute Gasteiger partial charge is 0.289 e. The van der Waals surface area contributed by atoms with Crippen molar-refractivity contribution in [3.05, 3.63) is 106 Å². The summed E-state index contributed by atoms with van der Waals surface area (Å²) < 4.78 is 7.00. The second-order valence-electron chi connectivity index (χ2n) is 8.25. The summed E-state index contributed by atoms with van der Waals surface area (Å²) in [6.45, 7) is 4.93. The highest BCUT2D eigenvalue weighted by Gasteiger charge is 2.30. The van der Waals surface area contributed by atoms with E-state index in [1.165, 1.54) is 11.1 Å². The van der Waals surface area contributed by atoms with Crippen LogP contribution in [-0.4, -0.2) is 41.9 Å². The van der Waals surface area contributed by atoms with E-state index in [0.29, 0.717) is 18.8 Å². The molecule has 5 heteroatoms. The number of furan rings is 1. The maximum absolute atomic E-state index is 13.3. The minimum Gasteiger partial charge on any atom is -0.451 e. The van der Waals surface area contributed by atoms with Crippen LogP contribution in [0, 0.1) is 6.92 Å². The Labute approximate surface area is 196 Å². The number of halogens is 1. The number of hydrogen-bond acceptors (Lipinski definition) is 3. The van der Waals surface area contributed by atoms with E-state index in [-0.39, 0.29) is 11.9 Å². The quantitative estimate of drug-likeness (QED) is 0.350. The van der Waals surface area contributed by atoms with Crippen molar-refractivity contribution in [2.45, 2.75) is 13.0 Å². The third-order valence-corrected chi connectivity index (χ3v) is 6.83. The van der Waals surface area contributed by atoms with Crippen LogP contribution in [0.3, 0.4) is 0 Å². The third-order valence-electron chi connectivity index (χ3n) is 6.31. The molecule has 0 radical (unpaired) electrons. The topological polar surface area (TPSA) is 36.7 Å². The Bertz CT molecular complexity index is 1230. The number of aryl methyl sites for hydroxylation is 1. The number of rotatable bonds is 4. The van der Waals surface area contributed by atoms with Gasteiger partial charge in [-0.25, -0.2) is 0 Å². The van der Waals surface area contributed by atoms with Crippen molar-refractivity contribution >= 4 is 32.8 Å². The summed E-state index contributed by atoms with van der Waals surface area (Å²) in [6, 6.07) is 27.1. The monoisotopic (exact) mass is 488 g/mol. The molecule has 0 aliphatic carbocycles. The molecule has 1 aromatic heterocycles. The van der Waals surface area contributed by atoms with Crippen molar-refractivity contribution in [2.24, 2.45) is 0 Å². The van der Waals surface area contributed by atoms with Gasteiger partial charge in [-0.1, -0.05) is 76.6 Å². The zero-order valence-corrected chi connectivity index (χ0v) is 19.6. The van der Waals surface area contributed by atoms with Gasteiger partial charge in [0.1, 0.15) is 5.58 Å². The average Bonchev–Trinajstić information content (AvgIpc) is 3.18. The first-order chi connectivity index (χ1) is 15.6. The minimum absolute atomic E-state index is 0.0155. The molecule has 1 atom stereocenters. The van der Waals surface area contributed by atoms with Gasteiger partial charge in [0.15, 0.2) is 5.76 Å². The Kier molecular flexibility index (Phi) is 5.85. The molecule has 0 N–H and O–H groups in total. The first kappa shape index (κ1) is 21.0. The third kappa shape index (κ3) is 3.98. The van der Waals surface area contributed by atoms with Crippen LogP contribution in [-0.2, 0) is 0 Å². The Morgan fingerprint density at radius 3 is 2.16 bits per heavy atom. The van der Waals surface area contributed by atoms with Crippen LogP contribution in [0.4, 0.5) is 0 Å². The molecule has 0 unspecified atom stereocenters. The van der Waals surface area contributed by atoms with Crippen LogP contribution in [0.2, 0.25) is 0 Å². The molecule has 5 rings (SSSR count). The van der Waals surface area contributed by atoms with Crippen molar-refractivity contribution in [1.82, 2.24) is 9.80 Å². The maximum Gasteiger partial charge on any atom is 0.289 e. The molecule has 4 aromatic rings. The number of carbonyl (C=O) groups is 1. The fraction of sp³-hybridized carbons (Fsp3) is 0.222.